The van der Waals surface area contributed by atoms with Gasteiger partial charge in [-0.1, -0.05) is 33.6 Å². The fourth-order valence-electron chi connectivity index (χ4n) is 2.56. The van der Waals surface area contributed by atoms with Crippen LogP contribution in [-0.2, 0) is 15.9 Å². The summed E-state index contributed by atoms with van der Waals surface area (Å²) in [6.07, 6.45) is 1.93. The molecule has 1 aromatic heterocycles. The highest BCUT2D eigenvalue weighted by molar-refractivity contribution is 7.89. The summed E-state index contributed by atoms with van der Waals surface area (Å²) >= 11 is 5.92. The number of halogens is 1. The zero-order valence-corrected chi connectivity index (χ0v) is 15.1. The molecule has 122 valence electrons. The number of aryl methyl sites for hydroxylation is 2. The SMILES string of the molecule is CCC(CC)CN(CC)S(=O)(=O)c1c(C)oc(C)c1CCl. The lowest BCUT2D eigenvalue weighted by Gasteiger charge is -2.25. The van der Waals surface area contributed by atoms with E-state index < -0.39 is 10.0 Å². The highest BCUT2D eigenvalue weighted by Gasteiger charge is 2.32. The van der Waals surface area contributed by atoms with E-state index in [4.69, 9.17) is 16.0 Å². The second-order valence-electron chi connectivity index (χ2n) is 5.29. The molecule has 0 aliphatic rings. The Morgan fingerprint density at radius 1 is 1.14 bits per heavy atom. The van der Waals surface area contributed by atoms with Crippen LogP contribution < -0.4 is 0 Å². The third kappa shape index (κ3) is 3.82. The van der Waals surface area contributed by atoms with Crippen LogP contribution in [0.1, 0.15) is 50.7 Å². The van der Waals surface area contributed by atoms with Gasteiger partial charge in [0.05, 0.1) is 5.88 Å². The number of alkyl halides is 1. The number of sulfonamides is 1. The highest BCUT2D eigenvalue weighted by atomic mass is 35.5. The van der Waals surface area contributed by atoms with Crippen LogP contribution in [0.3, 0.4) is 0 Å². The smallest absolute Gasteiger partial charge is 0.246 e. The van der Waals surface area contributed by atoms with E-state index in [1.165, 1.54) is 4.31 Å². The second kappa shape index (κ2) is 7.65. The number of hydrogen-bond donors (Lipinski definition) is 0. The standard InChI is InChI=1S/C15H26ClNO3S/c1-6-13(7-2)10-17(8-3)21(18,19)15-12(5)20-11(4)14(15)9-16/h13H,6-10H2,1-5H3. The van der Waals surface area contributed by atoms with Crippen LogP contribution in [0, 0.1) is 19.8 Å². The highest BCUT2D eigenvalue weighted by Crippen LogP contribution is 2.31. The van der Waals surface area contributed by atoms with Crippen molar-refractivity contribution in [2.45, 2.75) is 58.2 Å². The van der Waals surface area contributed by atoms with Gasteiger partial charge in [-0.05, 0) is 19.8 Å². The van der Waals surface area contributed by atoms with Crippen LogP contribution >= 0.6 is 11.6 Å². The van der Waals surface area contributed by atoms with Gasteiger partial charge in [-0.15, -0.1) is 11.6 Å². The first-order valence-corrected chi connectivity index (χ1v) is 9.45. The molecule has 0 aliphatic carbocycles. The van der Waals surface area contributed by atoms with Crippen LogP contribution in [-0.4, -0.2) is 25.8 Å². The minimum atomic E-state index is -3.56. The molecule has 0 spiro atoms. The topological polar surface area (TPSA) is 50.5 Å². The maximum absolute atomic E-state index is 13.0. The Balaban J connectivity index is 3.25. The maximum Gasteiger partial charge on any atom is 0.246 e. The first-order chi connectivity index (χ1) is 9.83. The third-order valence-electron chi connectivity index (χ3n) is 4.03. The monoisotopic (exact) mass is 335 g/mol. The molecule has 0 aliphatic heterocycles. The van der Waals surface area contributed by atoms with Gasteiger partial charge in [0, 0.05) is 18.7 Å². The molecule has 1 aromatic rings. The van der Waals surface area contributed by atoms with Crippen molar-refractivity contribution in [3.63, 3.8) is 0 Å². The van der Waals surface area contributed by atoms with Crippen LogP contribution in [0.25, 0.3) is 0 Å². The number of hydrogen-bond acceptors (Lipinski definition) is 3. The minimum Gasteiger partial charge on any atom is -0.465 e. The molecular weight excluding hydrogens is 310 g/mol. The van der Waals surface area contributed by atoms with Gasteiger partial charge in [0.2, 0.25) is 10.0 Å². The zero-order valence-electron chi connectivity index (χ0n) is 13.6. The Labute approximate surface area is 133 Å². The Hall–Kier alpha value is -0.520. The van der Waals surface area contributed by atoms with E-state index in [0.29, 0.717) is 36.1 Å². The molecule has 0 amide bonds. The molecule has 0 N–H and O–H groups in total. The van der Waals surface area contributed by atoms with Gasteiger partial charge in [-0.2, -0.15) is 4.31 Å². The molecule has 0 saturated heterocycles. The second-order valence-corrected chi connectivity index (χ2v) is 7.44. The molecule has 4 nitrogen and oxygen atoms in total. The largest absolute Gasteiger partial charge is 0.465 e. The summed E-state index contributed by atoms with van der Waals surface area (Å²) in [7, 11) is -3.56. The van der Waals surface area contributed by atoms with Crippen molar-refractivity contribution >= 4 is 21.6 Å². The predicted molar refractivity (Wildman–Crippen MR) is 86.2 cm³/mol. The predicted octanol–water partition coefficient (Wildman–Crippen LogP) is 4.08. The fraction of sp³-hybridized carbons (Fsp3) is 0.733. The Morgan fingerprint density at radius 3 is 2.14 bits per heavy atom. The van der Waals surface area contributed by atoms with Crippen molar-refractivity contribution in [1.82, 2.24) is 4.31 Å². The molecule has 1 heterocycles. The van der Waals surface area contributed by atoms with E-state index >= 15 is 0 Å². The normalized spacial score (nSPS) is 12.6. The van der Waals surface area contributed by atoms with Crippen molar-refractivity contribution in [3.05, 3.63) is 17.1 Å². The van der Waals surface area contributed by atoms with Crippen LogP contribution in [0.4, 0.5) is 0 Å². The third-order valence-corrected chi connectivity index (χ3v) is 6.43. The van der Waals surface area contributed by atoms with Crippen molar-refractivity contribution in [2.24, 2.45) is 5.92 Å². The molecule has 0 atom stereocenters. The van der Waals surface area contributed by atoms with Gasteiger partial charge >= 0.3 is 0 Å². The average molecular weight is 336 g/mol. The molecule has 6 heteroatoms. The van der Waals surface area contributed by atoms with E-state index in [0.717, 1.165) is 12.8 Å². The first-order valence-electron chi connectivity index (χ1n) is 7.48. The summed E-state index contributed by atoms with van der Waals surface area (Å²) in [4.78, 5) is 0.253. The number of rotatable bonds is 8. The molecule has 0 fully saturated rings. The van der Waals surface area contributed by atoms with E-state index in [9.17, 15) is 8.42 Å². The Bertz CT molecular complexity index is 562. The van der Waals surface area contributed by atoms with Crippen molar-refractivity contribution in [2.75, 3.05) is 13.1 Å². The summed E-state index contributed by atoms with van der Waals surface area (Å²) in [5, 5.41) is 0. The minimum absolute atomic E-state index is 0.139. The molecule has 0 unspecified atom stereocenters. The summed E-state index contributed by atoms with van der Waals surface area (Å²) in [5.74, 6) is 1.51. The molecular formula is C15H26ClNO3S. The molecule has 0 bridgehead atoms. The quantitative estimate of drug-likeness (QED) is 0.672. The maximum atomic E-state index is 13.0. The average Bonchev–Trinajstić information content (AvgIpc) is 2.74. The van der Waals surface area contributed by atoms with Gasteiger partial charge in [0.15, 0.2) is 0 Å². The van der Waals surface area contributed by atoms with Gasteiger partial charge < -0.3 is 4.42 Å². The van der Waals surface area contributed by atoms with Crippen LogP contribution in [0.2, 0.25) is 0 Å². The van der Waals surface area contributed by atoms with Gasteiger partial charge in [-0.25, -0.2) is 8.42 Å². The van der Waals surface area contributed by atoms with Gasteiger partial charge in [0.1, 0.15) is 16.4 Å². The Morgan fingerprint density at radius 2 is 1.71 bits per heavy atom. The molecule has 0 saturated carbocycles. The summed E-state index contributed by atoms with van der Waals surface area (Å²) in [6, 6.07) is 0. The lowest BCUT2D eigenvalue weighted by Crippen LogP contribution is -2.35. The van der Waals surface area contributed by atoms with Gasteiger partial charge in [-0.3, -0.25) is 0 Å². The van der Waals surface area contributed by atoms with Crippen molar-refractivity contribution < 1.29 is 12.8 Å². The Kier molecular flexibility index (Phi) is 6.75. The first kappa shape index (κ1) is 18.5. The van der Waals surface area contributed by atoms with Crippen molar-refractivity contribution in [1.29, 1.82) is 0 Å². The summed E-state index contributed by atoms with van der Waals surface area (Å²) in [5.41, 5.74) is 0.581. The van der Waals surface area contributed by atoms with Crippen molar-refractivity contribution in [3.8, 4) is 0 Å². The summed E-state index contributed by atoms with van der Waals surface area (Å²) < 4.78 is 32.9. The fourth-order valence-corrected chi connectivity index (χ4v) is 4.90. The van der Waals surface area contributed by atoms with E-state index in [1.807, 2.05) is 6.92 Å². The lowest BCUT2D eigenvalue weighted by molar-refractivity contribution is 0.338. The molecule has 0 aromatic carbocycles. The summed E-state index contributed by atoms with van der Waals surface area (Å²) in [6.45, 7) is 10.5. The van der Waals surface area contributed by atoms with Gasteiger partial charge in [0.25, 0.3) is 0 Å². The molecule has 0 radical (unpaired) electrons. The molecule has 1 rings (SSSR count). The molecule has 21 heavy (non-hydrogen) atoms. The zero-order chi connectivity index (χ0) is 16.2. The van der Waals surface area contributed by atoms with E-state index in [2.05, 4.69) is 13.8 Å². The van der Waals surface area contributed by atoms with Crippen LogP contribution in [0.5, 0.6) is 0 Å². The van der Waals surface area contributed by atoms with E-state index in [1.54, 1.807) is 13.8 Å². The lowest BCUT2D eigenvalue weighted by atomic mass is 10.0. The number of nitrogens with zero attached hydrogens (tertiary/aromatic N) is 1. The number of furan rings is 1. The van der Waals surface area contributed by atoms with Crippen LogP contribution in [0.15, 0.2) is 9.31 Å². The van der Waals surface area contributed by atoms with E-state index in [-0.39, 0.29) is 10.8 Å².